The van der Waals surface area contributed by atoms with E-state index in [1.54, 1.807) is 6.07 Å². The number of benzene rings is 2. The molecular weight excluding hydrogens is 461 g/mol. The lowest BCUT2D eigenvalue weighted by Crippen LogP contribution is -2.52. The molecule has 1 aromatic heterocycles. The minimum atomic E-state index is -0.695. The van der Waals surface area contributed by atoms with E-state index in [2.05, 4.69) is 15.6 Å². The maximum Gasteiger partial charge on any atom is 0.242 e. The van der Waals surface area contributed by atoms with Crippen LogP contribution in [-0.4, -0.2) is 42.6 Å². The van der Waals surface area contributed by atoms with E-state index >= 15 is 0 Å². The molecule has 0 saturated carbocycles. The van der Waals surface area contributed by atoms with Crippen molar-refractivity contribution in [1.82, 2.24) is 15.6 Å². The van der Waals surface area contributed by atoms with Gasteiger partial charge in [0.25, 0.3) is 0 Å². The van der Waals surface area contributed by atoms with Gasteiger partial charge in [-0.05, 0) is 42.2 Å². The summed E-state index contributed by atoms with van der Waals surface area (Å²) in [6.45, 7) is 2.97. The monoisotopic (exact) mass is 487 g/mol. The Morgan fingerprint density at radius 2 is 1.91 bits per heavy atom. The first-order valence-electron chi connectivity index (χ1n) is 11.0. The molecule has 33 heavy (non-hydrogen) atoms. The van der Waals surface area contributed by atoms with Gasteiger partial charge in [-0.1, -0.05) is 47.5 Å². The summed E-state index contributed by atoms with van der Waals surface area (Å²) in [4.78, 5) is 28.4. The Balaban J connectivity index is 1.54. The van der Waals surface area contributed by atoms with Crippen LogP contribution in [0.15, 0.2) is 48.7 Å². The molecule has 4 rings (SSSR count). The fourth-order valence-corrected chi connectivity index (χ4v) is 5.19. The van der Waals surface area contributed by atoms with Gasteiger partial charge in [0.05, 0.1) is 0 Å². The number of hydrogen-bond acceptors (Lipinski definition) is 3. The van der Waals surface area contributed by atoms with Crippen molar-refractivity contribution < 1.29 is 14.3 Å². The quantitative estimate of drug-likeness (QED) is 0.462. The molecule has 174 valence electrons. The van der Waals surface area contributed by atoms with E-state index in [1.165, 1.54) is 6.92 Å². The number of fused-ring (bicyclic) bond motifs is 1. The highest BCUT2D eigenvalue weighted by molar-refractivity contribution is 6.35. The van der Waals surface area contributed by atoms with Gasteiger partial charge in [-0.15, -0.1) is 0 Å². The molecule has 1 aliphatic rings. The number of aromatic nitrogens is 1. The highest BCUT2D eigenvalue weighted by Gasteiger charge is 2.37. The van der Waals surface area contributed by atoms with E-state index in [-0.39, 0.29) is 17.2 Å². The number of rotatable bonds is 7. The average molecular weight is 488 g/mol. The van der Waals surface area contributed by atoms with Gasteiger partial charge in [-0.3, -0.25) is 9.59 Å². The highest BCUT2D eigenvalue weighted by atomic mass is 35.5. The number of carbonyl (C=O) groups excluding carboxylic acids is 2. The van der Waals surface area contributed by atoms with Crippen LogP contribution in [0, 0.1) is 0 Å². The number of aromatic amines is 1. The molecule has 1 aliphatic heterocycles. The van der Waals surface area contributed by atoms with Crippen LogP contribution >= 0.6 is 23.2 Å². The molecule has 1 unspecified atom stereocenters. The molecule has 1 saturated heterocycles. The molecule has 0 spiro atoms. The molecule has 8 heteroatoms. The third-order valence-corrected chi connectivity index (χ3v) is 6.89. The van der Waals surface area contributed by atoms with E-state index in [0.29, 0.717) is 36.2 Å². The van der Waals surface area contributed by atoms with Crippen LogP contribution in [0.1, 0.15) is 30.9 Å². The first-order valence-corrected chi connectivity index (χ1v) is 11.8. The zero-order valence-corrected chi connectivity index (χ0v) is 19.9. The molecule has 3 aromatic rings. The molecule has 0 aliphatic carbocycles. The number of carbonyl (C=O) groups is 2. The van der Waals surface area contributed by atoms with Crippen molar-refractivity contribution in [3.05, 3.63) is 69.8 Å². The summed E-state index contributed by atoms with van der Waals surface area (Å²) in [5.74, 6) is -0.483. The second-order valence-electron chi connectivity index (χ2n) is 8.55. The molecule has 2 heterocycles. The molecule has 1 fully saturated rings. The molecule has 0 bridgehead atoms. The number of ether oxygens (including phenoxy) is 1. The van der Waals surface area contributed by atoms with Crippen LogP contribution in [0.3, 0.4) is 0 Å². The highest BCUT2D eigenvalue weighted by Crippen LogP contribution is 2.39. The summed E-state index contributed by atoms with van der Waals surface area (Å²) in [7, 11) is 0. The second-order valence-corrected chi connectivity index (χ2v) is 9.40. The van der Waals surface area contributed by atoms with E-state index < -0.39 is 6.04 Å². The summed E-state index contributed by atoms with van der Waals surface area (Å²) in [6, 6.07) is 12.7. The fourth-order valence-electron chi connectivity index (χ4n) is 4.58. The molecule has 0 radical (unpaired) electrons. The molecular formula is C25H27Cl2N3O3. The third kappa shape index (κ3) is 5.35. The summed E-state index contributed by atoms with van der Waals surface area (Å²) in [5.41, 5.74) is 2.55. The Morgan fingerprint density at radius 3 is 2.64 bits per heavy atom. The van der Waals surface area contributed by atoms with Crippen molar-refractivity contribution in [2.75, 3.05) is 19.8 Å². The second kappa shape index (κ2) is 10.2. The van der Waals surface area contributed by atoms with Crippen LogP contribution in [0.5, 0.6) is 0 Å². The summed E-state index contributed by atoms with van der Waals surface area (Å²) < 4.78 is 5.59. The third-order valence-electron chi connectivity index (χ3n) is 6.35. The predicted octanol–water partition coefficient (Wildman–Crippen LogP) is 4.39. The van der Waals surface area contributed by atoms with E-state index in [4.69, 9.17) is 27.9 Å². The van der Waals surface area contributed by atoms with Crippen molar-refractivity contribution in [2.24, 2.45) is 0 Å². The van der Waals surface area contributed by atoms with Gasteiger partial charge >= 0.3 is 0 Å². The van der Waals surface area contributed by atoms with Crippen LogP contribution in [0.25, 0.3) is 10.9 Å². The minimum absolute atomic E-state index is 0.230. The normalized spacial score (nSPS) is 16.3. The lowest BCUT2D eigenvalue weighted by molar-refractivity contribution is -0.128. The molecule has 2 aromatic carbocycles. The first-order chi connectivity index (χ1) is 15.9. The van der Waals surface area contributed by atoms with Gasteiger partial charge in [0.15, 0.2) is 0 Å². The topological polar surface area (TPSA) is 83.2 Å². The molecule has 2 amide bonds. The van der Waals surface area contributed by atoms with Crippen LogP contribution < -0.4 is 10.6 Å². The smallest absolute Gasteiger partial charge is 0.242 e. The number of halogens is 2. The van der Waals surface area contributed by atoms with Gasteiger partial charge in [0.2, 0.25) is 11.8 Å². The van der Waals surface area contributed by atoms with E-state index in [9.17, 15) is 9.59 Å². The van der Waals surface area contributed by atoms with E-state index in [1.807, 2.05) is 42.6 Å². The first kappa shape index (κ1) is 23.6. The van der Waals surface area contributed by atoms with Gasteiger partial charge in [-0.25, -0.2) is 0 Å². The largest absolute Gasteiger partial charge is 0.381 e. The summed E-state index contributed by atoms with van der Waals surface area (Å²) in [5, 5.41) is 8.08. The number of para-hydroxylation sites is 1. The zero-order chi connectivity index (χ0) is 23.4. The standard InChI is InChI=1S/C25H27Cl2N3O3/c1-16(31)30-23(12-17-14-28-22-5-3-2-4-19(17)22)24(32)29-15-25(8-10-33-11-9-25)20-7-6-18(26)13-21(20)27/h2-7,13-14,23,28H,8-12,15H2,1H3,(H,29,32)(H,30,31). The van der Waals surface area contributed by atoms with Crippen LogP contribution in [0.4, 0.5) is 0 Å². The lowest BCUT2D eigenvalue weighted by Gasteiger charge is -2.38. The van der Waals surface area contributed by atoms with Crippen LogP contribution in [-0.2, 0) is 26.2 Å². The summed E-state index contributed by atoms with van der Waals surface area (Å²) >= 11 is 12.7. The maximum absolute atomic E-state index is 13.3. The number of H-pyrrole nitrogens is 1. The Morgan fingerprint density at radius 1 is 1.15 bits per heavy atom. The molecule has 3 N–H and O–H groups in total. The Kier molecular flexibility index (Phi) is 7.27. The predicted molar refractivity (Wildman–Crippen MR) is 131 cm³/mol. The zero-order valence-electron chi connectivity index (χ0n) is 18.4. The SMILES string of the molecule is CC(=O)NC(Cc1c[nH]c2ccccc12)C(=O)NCC1(c2ccc(Cl)cc2Cl)CCOCC1. The van der Waals surface area contributed by atoms with Crippen molar-refractivity contribution in [2.45, 2.75) is 37.6 Å². The fraction of sp³-hybridized carbons (Fsp3) is 0.360. The van der Waals surface area contributed by atoms with Gasteiger partial charge in [0, 0.05) is 65.7 Å². The molecule has 1 atom stereocenters. The van der Waals surface area contributed by atoms with E-state index in [0.717, 1.165) is 34.9 Å². The number of hydrogen-bond donors (Lipinski definition) is 3. The van der Waals surface area contributed by atoms with Crippen molar-refractivity contribution in [3.63, 3.8) is 0 Å². The Labute approximate surface area is 203 Å². The van der Waals surface area contributed by atoms with Gasteiger partial charge in [0.1, 0.15) is 6.04 Å². The average Bonchev–Trinajstić information content (AvgIpc) is 3.20. The maximum atomic E-state index is 13.3. The Bertz CT molecular complexity index is 1150. The van der Waals surface area contributed by atoms with Gasteiger partial charge < -0.3 is 20.4 Å². The minimum Gasteiger partial charge on any atom is -0.381 e. The lowest BCUT2D eigenvalue weighted by atomic mass is 9.74. The van der Waals surface area contributed by atoms with Gasteiger partial charge in [-0.2, -0.15) is 0 Å². The number of amides is 2. The Hall–Kier alpha value is -2.54. The van der Waals surface area contributed by atoms with Crippen molar-refractivity contribution in [3.8, 4) is 0 Å². The van der Waals surface area contributed by atoms with Crippen molar-refractivity contribution >= 4 is 45.9 Å². The number of nitrogens with one attached hydrogen (secondary N) is 3. The summed E-state index contributed by atoms with van der Waals surface area (Å²) in [6.07, 6.45) is 3.72. The van der Waals surface area contributed by atoms with Crippen LogP contribution in [0.2, 0.25) is 10.0 Å². The van der Waals surface area contributed by atoms with Crippen molar-refractivity contribution in [1.29, 1.82) is 0 Å². The molecule has 6 nitrogen and oxygen atoms in total.